The lowest BCUT2D eigenvalue weighted by molar-refractivity contribution is -0.166. The van der Waals surface area contributed by atoms with Gasteiger partial charge in [0.15, 0.2) is 6.10 Å². The van der Waals surface area contributed by atoms with Crippen LogP contribution in [0.25, 0.3) is 0 Å². The number of hydrogen-bond acceptors (Lipinski definition) is 6. The molecule has 6 nitrogen and oxygen atoms in total. The number of esters is 3. The molecule has 0 aromatic carbocycles. The Labute approximate surface area is 448 Å². The van der Waals surface area contributed by atoms with Crippen molar-refractivity contribution >= 4 is 17.9 Å². The summed E-state index contributed by atoms with van der Waals surface area (Å²) < 4.78 is 16.7. The molecule has 1 atom stereocenters. The summed E-state index contributed by atoms with van der Waals surface area (Å²) in [5.74, 6) is -1.09. The standard InChI is InChI=1S/C67H106O6/c1-4-7-10-13-16-19-22-25-28-31-33-36-39-42-45-48-51-54-57-60-66(69)72-63-64(62-71-65(68)59-56-53-50-47-44-41-38-35-30-27-24-21-18-15-12-9-6-3)73-67(70)61-58-55-52-49-46-43-40-37-34-32-29-26-23-20-17-14-11-8-5-2/h9,12,16-21,25-30,34,37-38,41,43,46-47,50,52,55,64H,4-8,10-11,13-15,22-24,31-33,35-36,39-40,42,44-45,48-49,51,53-54,56-63H2,1-3H3/b12-9-,19-16-,20-17-,21-18-,28-25-,29-26-,30-27-,37-34-,41-38-,46-43-,50-47-,55-52-/t64-/m1/s1. The number of rotatable bonds is 51. The third-order valence-corrected chi connectivity index (χ3v) is 11.8. The molecule has 73 heavy (non-hydrogen) atoms. The number of ether oxygens (including phenoxy) is 3. The second-order valence-electron chi connectivity index (χ2n) is 18.8. The smallest absolute Gasteiger partial charge is 0.306 e. The first-order chi connectivity index (χ1) is 36.0. The average Bonchev–Trinajstić information content (AvgIpc) is 3.39. The van der Waals surface area contributed by atoms with Crippen molar-refractivity contribution < 1.29 is 28.6 Å². The van der Waals surface area contributed by atoms with Crippen molar-refractivity contribution in [2.45, 2.75) is 245 Å². The summed E-state index contributed by atoms with van der Waals surface area (Å²) in [6.07, 6.45) is 85.7. The summed E-state index contributed by atoms with van der Waals surface area (Å²) >= 11 is 0. The quantitative estimate of drug-likeness (QED) is 0.0261. The first-order valence-corrected chi connectivity index (χ1v) is 29.3. The monoisotopic (exact) mass is 1010 g/mol. The minimum Gasteiger partial charge on any atom is -0.462 e. The van der Waals surface area contributed by atoms with Crippen LogP contribution in [-0.2, 0) is 28.6 Å². The minimum atomic E-state index is -0.850. The molecule has 0 saturated heterocycles. The fourth-order valence-corrected chi connectivity index (χ4v) is 7.43. The van der Waals surface area contributed by atoms with Gasteiger partial charge in [0.25, 0.3) is 0 Å². The normalized spacial score (nSPS) is 13.2. The van der Waals surface area contributed by atoms with Gasteiger partial charge in [-0.1, -0.05) is 237 Å². The van der Waals surface area contributed by atoms with Crippen LogP contribution in [0, 0.1) is 0 Å². The van der Waals surface area contributed by atoms with Crippen molar-refractivity contribution in [2.75, 3.05) is 13.2 Å². The van der Waals surface area contributed by atoms with Gasteiger partial charge in [0, 0.05) is 19.3 Å². The van der Waals surface area contributed by atoms with Gasteiger partial charge in [-0.25, -0.2) is 0 Å². The molecule has 0 aliphatic rings. The van der Waals surface area contributed by atoms with Gasteiger partial charge in [-0.2, -0.15) is 0 Å². The van der Waals surface area contributed by atoms with Crippen molar-refractivity contribution in [3.8, 4) is 0 Å². The first-order valence-electron chi connectivity index (χ1n) is 29.3. The van der Waals surface area contributed by atoms with Crippen molar-refractivity contribution in [3.63, 3.8) is 0 Å². The summed E-state index contributed by atoms with van der Waals surface area (Å²) in [6.45, 7) is 6.35. The van der Waals surface area contributed by atoms with Crippen LogP contribution in [0.5, 0.6) is 0 Å². The van der Waals surface area contributed by atoms with Gasteiger partial charge >= 0.3 is 17.9 Å². The fraction of sp³-hybridized carbons (Fsp3) is 0.597. The Bertz CT molecular complexity index is 1630. The van der Waals surface area contributed by atoms with Crippen LogP contribution in [0.2, 0.25) is 0 Å². The highest BCUT2D eigenvalue weighted by Crippen LogP contribution is 2.13. The van der Waals surface area contributed by atoms with E-state index in [1.54, 1.807) is 0 Å². The summed E-state index contributed by atoms with van der Waals surface area (Å²) in [7, 11) is 0. The Morgan fingerprint density at radius 2 is 0.575 bits per heavy atom. The summed E-state index contributed by atoms with van der Waals surface area (Å²) in [5, 5.41) is 0. The van der Waals surface area contributed by atoms with Crippen LogP contribution in [0.3, 0.4) is 0 Å². The Morgan fingerprint density at radius 1 is 0.288 bits per heavy atom. The molecule has 0 unspecified atom stereocenters. The lowest BCUT2D eigenvalue weighted by Crippen LogP contribution is -2.30. The SMILES string of the molecule is CC/C=C\C/C=C\C/C=C\C/C=C\C/C=C\CCCC(=O)OC[C@H](COC(=O)CCCCCCCCCCC/C=C\C/C=C\CCCCC)OC(=O)CC/C=C\C/C=C\C/C=C\C/C=C\C/C=C\CCCCC. The molecule has 0 spiro atoms. The molecular weight excluding hydrogens is 901 g/mol. The van der Waals surface area contributed by atoms with Crippen molar-refractivity contribution in [1.82, 2.24) is 0 Å². The topological polar surface area (TPSA) is 78.9 Å². The summed E-state index contributed by atoms with van der Waals surface area (Å²) in [5.41, 5.74) is 0. The number of unbranched alkanes of at least 4 members (excludes halogenated alkanes) is 16. The van der Waals surface area contributed by atoms with E-state index in [1.807, 2.05) is 12.2 Å². The summed E-state index contributed by atoms with van der Waals surface area (Å²) in [4.78, 5) is 38.2. The van der Waals surface area contributed by atoms with Crippen LogP contribution >= 0.6 is 0 Å². The zero-order chi connectivity index (χ0) is 52.9. The molecule has 0 radical (unpaired) electrons. The van der Waals surface area contributed by atoms with E-state index < -0.39 is 12.1 Å². The predicted molar refractivity (Wildman–Crippen MR) is 315 cm³/mol. The Morgan fingerprint density at radius 3 is 0.945 bits per heavy atom. The van der Waals surface area contributed by atoms with Crippen molar-refractivity contribution in [2.24, 2.45) is 0 Å². The maximum atomic E-state index is 12.8. The molecule has 6 heteroatoms. The second-order valence-corrected chi connectivity index (χ2v) is 18.8. The second kappa shape index (κ2) is 59.8. The lowest BCUT2D eigenvalue weighted by atomic mass is 10.1. The van der Waals surface area contributed by atoms with E-state index in [-0.39, 0.29) is 38.0 Å². The Balaban J connectivity index is 4.61. The maximum absolute atomic E-state index is 12.8. The van der Waals surface area contributed by atoms with Gasteiger partial charge in [0.1, 0.15) is 13.2 Å². The van der Waals surface area contributed by atoms with Crippen LogP contribution < -0.4 is 0 Å². The molecule has 0 heterocycles. The molecule has 0 aliphatic heterocycles. The van der Waals surface area contributed by atoms with Gasteiger partial charge in [-0.3, -0.25) is 14.4 Å². The Hall–Kier alpha value is -4.71. The van der Waals surface area contributed by atoms with Gasteiger partial charge in [-0.15, -0.1) is 0 Å². The van der Waals surface area contributed by atoms with Crippen LogP contribution in [0.1, 0.15) is 239 Å². The van der Waals surface area contributed by atoms with E-state index >= 15 is 0 Å². The molecule has 0 aromatic rings. The highest BCUT2D eigenvalue weighted by molar-refractivity contribution is 5.71. The lowest BCUT2D eigenvalue weighted by Gasteiger charge is -2.18. The zero-order valence-electron chi connectivity index (χ0n) is 46.8. The van der Waals surface area contributed by atoms with E-state index in [1.165, 1.54) is 96.3 Å². The average molecular weight is 1010 g/mol. The molecular formula is C67H106O6. The van der Waals surface area contributed by atoms with Crippen molar-refractivity contribution in [3.05, 3.63) is 146 Å². The van der Waals surface area contributed by atoms with E-state index in [9.17, 15) is 14.4 Å². The van der Waals surface area contributed by atoms with E-state index in [0.29, 0.717) is 19.3 Å². The molecule has 0 aromatic heterocycles. The third-order valence-electron chi connectivity index (χ3n) is 11.8. The van der Waals surface area contributed by atoms with Gasteiger partial charge in [-0.05, 0) is 128 Å². The first kappa shape index (κ1) is 68.3. The molecule has 0 N–H and O–H groups in total. The van der Waals surface area contributed by atoms with Crippen LogP contribution in [-0.4, -0.2) is 37.2 Å². The molecule has 0 rings (SSSR count). The largest absolute Gasteiger partial charge is 0.462 e. The van der Waals surface area contributed by atoms with E-state index in [0.717, 1.165) is 89.9 Å². The zero-order valence-corrected chi connectivity index (χ0v) is 46.8. The molecule has 0 saturated carbocycles. The van der Waals surface area contributed by atoms with Crippen molar-refractivity contribution in [1.29, 1.82) is 0 Å². The number of hydrogen-bond donors (Lipinski definition) is 0. The molecule has 0 aliphatic carbocycles. The molecule has 0 amide bonds. The van der Waals surface area contributed by atoms with Crippen LogP contribution in [0.15, 0.2) is 146 Å². The number of carbonyl (C=O) groups is 3. The van der Waals surface area contributed by atoms with Crippen LogP contribution in [0.4, 0.5) is 0 Å². The maximum Gasteiger partial charge on any atom is 0.306 e. The number of allylic oxidation sites excluding steroid dienone is 24. The number of carbonyl (C=O) groups excluding carboxylic acids is 3. The Kier molecular flexibility index (Phi) is 56.0. The predicted octanol–water partition coefficient (Wildman–Crippen LogP) is 20.0. The summed E-state index contributed by atoms with van der Waals surface area (Å²) in [6, 6.07) is 0. The fourth-order valence-electron chi connectivity index (χ4n) is 7.43. The highest BCUT2D eigenvalue weighted by atomic mass is 16.6. The van der Waals surface area contributed by atoms with Gasteiger partial charge in [0.2, 0.25) is 0 Å². The highest BCUT2D eigenvalue weighted by Gasteiger charge is 2.19. The third kappa shape index (κ3) is 58.1. The van der Waals surface area contributed by atoms with E-state index in [2.05, 4.69) is 154 Å². The van der Waals surface area contributed by atoms with E-state index in [4.69, 9.17) is 14.2 Å². The van der Waals surface area contributed by atoms with Gasteiger partial charge in [0.05, 0.1) is 0 Å². The minimum absolute atomic E-state index is 0.133. The molecule has 0 bridgehead atoms. The molecule has 410 valence electrons. The molecule has 0 fully saturated rings. The van der Waals surface area contributed by atoms with Gasteiger partial charge < -0.3 is 14.2 Å².